The summed E-state index contributed by atoms with van der Waals surface area (Å²) in [4.78, 5) is 15.1. The highest BCUT2D eigenvalue weighted by atomic mass is 32.2. The highest BCUT2D eigenvalue weighted by molar-refractivity contribution is 7.92. The highest BCUT2D eigenvalue weighted by Crippen LogP contribution is 2.22. The molecule has 2 aromatic carbocycles. The summed E-state index contributed by atoms with van der Waals surface area (Å²) in [6.07, 6.45) is 3.58. The van der Waals surface area contributed by atoms with E-state index in [0.29, 0.717) is 12.2 Å². The van der Waals surface area contributed by atoms with Crippen molar-refractivity contribution in [1.29, 1.82) is 0 Å². The minimum absolute atomic E-state index is 0.334. The lowest BCUT2D eigenvalue weighted by Gasteiger charge is -2.28. The molecule has 3 rings (SSSR count). The van der Waals surface area contributed by atoms with E-state index in [9.17, 15) is 13.2 Å². The van der Waals surface area contributed by atoms with Crippen LogP contribution in [0.15, 0.2) is 48.5 Å². The van der Waals surface area contributed by atoms with Gasteiger partial charge < -0.3 is 10.2 Å². The predicted octanol–water partition coefficient (Wildman–Crippen LogP) is 3.07. The number of nitrogens with zero attached hydrogens (tertiary/aromatic N) is 2. The molecule has 1 fully saturated rings. The quantitative estimate of drug-likeness (QED) is 0.755. The molecule has 29 heavy (non-hydrogen) atoms. The van der Waals surface area contributed by atoms with Crippen LogP contribution in [0.4, 0.5) is 11.4 Å². The van der Waals surface area contributed by atoms with Gasteiger partial charge in [-0.1, -0.05) is 29.8 Å². The number of carbonyl (C=O) groups excluding carboxylic acids is 1. The molecule has 1 saturated heterocycles. The maximum Gasteiger partial charge on any atom is 0.243 e. The Bertz CT molecular complexity index is 934. The molecule has 1 aliphatic rings. The Morgan fingerprint density at radius 3 is 2.21 bits per heavy atom. The van der Waals surface area contributed by atoms with Crippen LogP contribution in [-0.2, 0) is 21.4 Å². The van der Waals surface area contributed by atoms with Gasteiger partial charge in [0.1, 0.15) is 6.04 Å². The van der Waals surface area contributed by atoms with E-state index >= 15 is 0 Å². The Kier molecular flexibility index (Phi) is 6.47. The van der Waals surface area contributed by atoms with Gasteiger partial charge in [-0.3, -0.25) is 9.10 Å². The van der Waals surface area contributed by atoms with Crippen LogP contribution in [0.25, 0.3) is 0 Å². The zero-order valence-corrected chi connectivity index (χ0v) is 18.1. The number of carbonyl (C=O) groups is 1. The molecule has 156 valence electrons. The number of aryl methyl sites for hydroxylation is 1. The molecule has 0 aromatic heterocycles. The minimum atomic E-state index is -3.61. The summed E-state index contributed by atoms with van der Waals surface area (Å²) >= 11 is 0. The number of sulfonamides is 1. The van der Waals surface area contributed by atoms with Gasteiger partial charge in [0.05, 0.1) is 11.9 Å². The molecular weight excluding hydrogens is 386 g/mol. The second kappa shape index (κ2) is 8.86. The van der Waals surface area contributed by atoms with Crippen LogP contribution < -0.4 is 14.5 Å². The first-order chi connectivity index (χ1) is 13.8. The second-order valence-electron chi connectivity index (χ2n) is 7.65. The van der Waals surface area contributed by atoms with E-state index in [0.717, 1.165) is 34.8 Å². The van der Waals surface area contributed by atoms with E-state index in [1.165, 1.54) is 18.5 Å². The van der Waals surface area contributed by atoms with Gasteiger partial charge in [0.15, 0.2) is 0 Å². The lowest BCUT2D eigenvalue weighted by molar-refractivity contribution is -0.122. The zero-order chi connectivity index (χ0) is 21.0. The summed E-state index contributed by atoms with van der Waals surface area (Å²) in [5.74, 6) is -0.334. The standard InChI is InChI=1S/C22H29N3O3S/c1-17-6-10-21(11-7-17)25(29(3,27)28)18(2)22(26)23-16-19-8-12-20(13-9-19)24-14-4-5-15-24/h6-13,18H,4-5,14-16H2,1-3H3,(H,23,26). The number of hydrogen-bond donors (Lipinski definition) is 1. The Hall–Kier alpha value is -2.54. The van der Waals surface area contributed by atoms with Crippen molar-refractivity contribution in [2.24, 2.45) is 0 Å². The summed E-state index contributed by atoms with van der Waals surface area (Å²) in [7, 11) is -3.61. The van der Waals surface area contributed by atoms with Gasteiger partial charge in [0.2, 0.25) is 15.9 Å². The lowest BCUT2D eigenvalue weighted by Crippen LogP contribution is -2.47. The molecule has 0 saturated carbocycles. The molecule has 0 aliphatic carbocycles. The molecule has 0 spiro atoms. The van der Waals surface area contributed by atoms with Gasteiger partial charge >= 0.3 is 0 Å². The first-order valence-electron chi connectivity index (χ1n) is 9.93. The average molecular weight is 416 g/mol. The van der Waals surface area contributed by atoms with E-state index in [-0.39, 0.29) is 5.91 Å². The molecule has 1 atom stereocenters. The van der Waals surface area contributed by atoms with Crippen molar-refractivity contribution < 1.29 is 13.2 Å². The Balaban J connectivity index is 1.65. The summed E-state index contributed by atoms with van der Waals surface area (Å²) in [6.45, 7) is 6.07. The highest BCUT2D eigenvalue weighted by Gasteiger charge is 2.28. The summed E-state index contributed by atoms with van der Waals surface area (Å²) in [5.41, 5.74) is 3.69. The van der Waals surface area contributed by atoms with Crippen molar-refractivity contribution in [1.82, 2.24) is 5.32 Å². The van der Waals surface area contributed by atoms with Gasteiger partial charge in [-0.25, -0.2) is 8.42 Å². The Morgan fingerprint density at radius 1 is 1.07 bits per heavy atom. The number of hydrogen-bond acceptors (Lipinski definition) is 4. The molecule has 1 heterocycles. The van der Waals surface area contributed by atoms with Crippen molar-refractivity contribution in [3.05, 3.63) is 59.7 Å². The van der Waals surface area contributed by atoms with E-state index in [1.54, 1.807) is 19.1 Å². The smallest absolute Gasteiger partial charge is 0.243 e. The molecule has 2 aromatic rings. The number of rotatable bonds is 7. The average Bonchev–Trinajstić information content (AvgIpc) is 3.22. The second-order valence-corrected chi connectivity index (χ2v) is 9.51. The van der Waals surface area contributed by atoms with E-state index < -0.39 is 16.1 Å². The maximum atomic E-state index is 12.7. The third-order valence-corrected chi connectivity index (χ3v) is 6.49. The first-order valence-corrected chi connectivity index (χ1v) is 11.8. The number of anilines is 2. The van der Waals surface area contributed by atoms with E-state index in [1.807, 2.05) is 31.2 Å². The zero-order valence-electron chi connectivity index (χ0n) is 17.3. The van der Waals surface area contributed by atoms with Crippen LogP contribution in [0.3, 0.4) is 0 Å². The molecule has 1 amide bonds. The van der Waals surface area contributed by atoms with E-state index in [4.69, 9.17) is 0 Å². The monoisotopic (exact) mass is 415 g/mol. The largest absolute Gasteiger partial charge is 0.372 e. The van der Waals surface area contributed by atoms with Crippen molar-refractivity contribution in [3.63, 3.8) is 0 Å². The number of nitrogens with one attached hydrogen (secondary N) is 1. The van der Waals surface area contributed by atoms with Crippen LogP contribution >= 0.6 is 0 Å². The van der Waals surface area contributed by atoms with Crippen LogP contribution in [-0.4, -0.2) is 39.7 Å². The minimum Gasteiger partial charge on any atom is -0.372 e. The Morgan fingerprint density at radius 2 is 1.66 bits per heavy atom. The van der Waals surface area contributed by atoms with Crippen molar-refractivity contribution in [2.75, 3.05) is 28.6 Å². The fourth-order valence-corrected chi connectivity index (χ4v) is 4.81. The molecule has 1 unspecified atom stereocenters. The van der Waals surface area contributed by atoms with Crippen LogP contribution in [0.5, 0.6) is 0 Å². The van der Waals surface area contributed by atoms with E-state index in [2.05, 4.69) is 22.3 Å². The normalized spacial score (nSPS) is 15.2. The predicted molar refractivity (Wildman–Crippen MR) is 118 cm³/mol. The molecule has 0 bridgehead atoms. The summed E-state index contributed by atoms with van der Waals surface area (Å²) in [5, 5.41) is 2.86. The maximum absolute atomic E-state index is 12.7. The Labute approximate surface area is 173 Å². The fourth-order valence-electron chi connectivity index (χ4n) is 3.64. The molecule has 1 aliphatic heterocycles. The van der Waals surface area contributed by atoms with Crippen LogP contribution in [0, 0.1) is 6.92 Å². The molecular formula is C22H29N3O3S. The first kappa shape index (κ1) is 21.2. The third kappa shape index (κ3) is 5.29. The summed E-state index contributed by atoms with van der Waals surface area (Å²) < 4.78 is 25.8. The van der Waals surface area contributed by atoms with Crippen molar-refractivity contribution in [2.45, 2.75) is 39.3 Å². The van der Waals surface area contributed by atoms with Gasteiger partial charge in [-0.05, 0) is 56.5 Å². The fraction of sp³-hybridized carbons (Fsp3) is 0.409. The number of benzene rings is 2. The van der Waals surface area contributed by atoms with Crippen molar-refractivity contribution in [3.8, 4) is 0 Å². The molecule has 7 heteroatoms. The molecule has 0 radical (unpaired) electrons. The SMILES string of the molecule is Cc1ccc(N(C(C)C(=O)NCc2ccc(N3CCCC3)cc2)S(C)(=O)=O)cc1. The lowest BCUT2D eigenvalue weighted by atomic mass is 10.2. The van der Waals surface area contributed by atoms with Gasteiger partial charge in [-0.2, -0.15) is 0 Å². The molecule has 1 N–H and O–H groups in total. The van der Waals surface area contributed by atoms with Gasteiger partial charge in [0.25, 0.3) is 0 Å². The van der Waals surface area contributed by atoms with Crippen LogP contribution in [0.2, 0.25) is 0 Å². The van der Waals surface area contributed by atoms with Gasteiger partial charge in [-0.15, -0.1) is 0 Å². The molecule has 6 nitrogen and oxygen atoms in total. The number of amides is 1. The topological polar surface area (TPSA) is 69.7 Å². The van der Waals surface area contributed by atoms with Crippen molar-refractivity contribution >= 4 is 27.3 Å². The van der Waals surface area contributed by atoms with Crippen LogP contribution in [0.1, 0.15) is 30.9 Å². The third-order valence-electron chi connectivity index (χ3n) is 5.25. The summed E-state index contributed by atoms with van der Waals surface area (Å²) in [6, 6.07) is 14.4. The van der Waals surface area contributed by atoms with Gasteiger partial charge in [0, 0.05) is 25.3 Å².